The molecule has 0 aliphatic carbocycles. The third kappa shape index (κ3) is 5.85. The maximum atomic E-state index is 13.4. The number of imidazole rings is 1. The van der Waals surface area contributed by atoms with Gasteiger partial charge in [0.1, 0.15) is 11.4 Å². The molecule has 1 fully saturated rings. The zero-order valence-electron chi connectivity index (χ0n) is 23.2. The molecule has 1 amide bonds. The number of piperidine rings is 1. The molecule has 2 aromatic heterocycles. The van der Waals surface area contributed by atoms with E-state index in [9.17, 15) is 9.59 Å². The Morgan fingerprint density at radius 2 is 1.85 bits per heavy atom. The summed E-state index contributed by atoms with van der Waals surface area (Å²) in [6, 6.07) is 17.8. The minimum atomic E-state index is -0.256. The van der Waals surface area contributed by atoms with Crippen molar-refractivity contribution in [3.63, 3.8) is 0 Å². The lowest BCUT2D eigenvalue weighted by Crippen LogP contribution is -2.42. The molecule has 5 rings (SSSR count). The number of benzene rings is 2. The van der Waals surface area contributed by atoms with Crippen LogP contribution in [0, 0.1) is 12.8 Å². The van der Waals surface area contributed by atoms with Crippen LogP contribution in [0.15, 0.2) is 60.8 Å². The number of fused-ring (bicyclic) bond motifs is 1. The fourth-order valence-electron chi connectivity index (χ4n) is 5.46. The summed E-state index contributed by atoms with van der Waals surface area (Å²) in [5.74, 6) is 0.336. The molecule has 0 radical (unpaired) electrons. The highest BCUT2D eigenvalue weighted by molar-refractivity contribution is 6.30. The van der Waals surface area contributed by atoms with Crippen molar-refractivity contribution in [2.24, 2.45) is 5.92 Å². The van der Waals surface area contributed by atoms with E-state index in [-0.39, 0.29) is 17.8 Å². The number of nitrogens with zero attached hydrogens (tertiary/aromatic N) is 3. The van der Waals surface area contributed by atoms with Crippen LogP contribution in [0.5, 0.6) is 5.75 Å². The zero-order chi connectivity index (χ0) is 28.2. The summed E-state index contributed by atoms with van der Waals surface area (Å²) in [5.41, 5.74) is 6.78. The van der Waals surface area contributed by atoms with Gasteiger partial charge in [0.25, 0.3) is 0 Å². The van der Waals surface area contributed by atoms with Gasteiger partial charge < -0.3 is 18.8 Å². The average molecular weight is 560 g/mol. The number of hydrogen-bond acceptors (Lipinski definition) is 5. The highest BCUT2D eigenvalue weighted by Gasteiger charge is 2.29. The van der Waals surface area contributed by atoms with Gasteiger partial charge in [-0.2, -0.15) is 0 Å². The van der Waals surface area contributed by atoms with Gasteiger partial charge in [0.2, 0.25) is 5.91 Å². The Hall–Kier alpha value is -3.84. The highest BCUT2D eigenvalue weighted by atomic mass is 35.5. The minimum Gasteiger partial charge on any atom is -0.497 e. The van der Waals surface area contributed by atoms with Gasteiger partial charge in [-0.25, -0.2) is 4.98 Å². The largest absolute Gasteiger partial charge is 0.497 e. The first-order chi connectivity index (χ1) is 19.4. The van der Waals surface area contributed by atoms with Crippen LogP contribution in [-0.2, 0) is 20.7 Å². The summed E-state index contributed by atoms with van der Waals surface area (Å²) in [5, 5.41) is 0.703. The van der Waals surface area contributed by atoms with Crippen LogP contribution in [0.3, 0.4) is 0 Å². The number of esters is 1. The van der Waals surface area contributed by atoms with Crippen molar-refractivity contribution in [1.29, 1.82) is 0 Å². The second kappa shape index (κ2) is 12.1. The van der Waals surface area contributed by atoms with Crippen LogP contribution in [0.4, 0.5) is 0 Å². The number of rotatable bonds is 8. The fourth-order valence-corrected chi connectivity index (χ4v) is 5.69. The molecule has 1 atom stereocenters. The summed E-state index contributed by atoms with van der Waals surface area (Å²) in [6.45, 7) is 5.27. The molecule has 0 N–H and O–H groups in total. The molecular formula is C32H34ClN3O4. The first kappa shape index (κ1) is 27.7. The predicted octanol–water partition coefficient (Wildman–Crippen LogP) is 6.37. The number of hydrogen-bond donors (Lipinski definition) is 0. The summed E-state index contributed by atoms with van der Waals surface area (Å²) in [6.07, 6.45) is 4.46. The maximum Gasteiger partial charge on any atom is 0.310 e. The number of halogens is 1. The van der Waals surface area contributed by atoms with Crippen LogP contribution in [0.1, 0.15) is 37.4 Å². The van der Waals surface area contributed by atoms with Crippen LogP contribution in [0.2, 0.25) is 5.02 Å². The second-order valence-corrected chi connectivity index (χ2v) is 10.6. The van der Waals surface area contributed by atoms with Crippen LogP contribution in [0.25, 0.3) is 28.0 Å². The van der Waals surface area contributed by atoms with E-state index in [4.69, 9.17) is 26.1 Å². The Morgan fingerprint density at radius 3 is 2.58 bits per heavy atom. The smallest absolute Gasteiger partial charge is 0.310 e. The first-order valence-corrected chi connectivity index (χ1v) is 14.1. The van der Waals surface area contributed by atoms with Crippen molar-refractivity contribution in [2.75, 3.05) is 26.8 Å². The number of carbonyl (C=O) groups is 2. The number of aryl methyl sites for hydroxylation is 2. The predicted molar refractivity (Wildman–Crippen MR) is 157 cm³/mol. The van der Waals surface area contributed by atoms with Gasteiger partial charge in [0.15, 0.2) is 0 Å². The molecule has 1 unspecified atom stereocenters. The van der Waals surface area contributed by atoms with E-state index in [1.165, 1.54) is 0 Å². The second-order valence-electron chi connectivity index (χ2n) is 10.2. The van der Waals surface area contributed by atoms with Gasteiger partial charge in [-0.05, 0) is 98.3 Å². The molecule has 0 saturated carbocycles. The molecule has 2 aromatic carbocycles. The van der Waals surface area contributed by atoms with Gasteiger partial charge >= 0.3 is 5.97 Å². The summed E-state index contributed by atoms with van der Waals surface area (Å²) in [4.78, 5) is 32.5. The minimum absolute atomic E-state index is 0.0364. The molecule has 0 bridgehead atoms. The SMILES string of the molecule is CCOC(=O)C1CCCN(C(=O)CCc2c(-c3ccc(OC)cc3)nc3ccc(-c4ccc(Cl)cc4C)cn23)C1. The molecule has 1 aliphatic heterocycles. The molecule has 4 aromatic rings. The number of methoxy groups -OCH3 is 1. The number of aromatic nitrogens is 2. The van der Waals surface area contributed by atoms with E-state index < -0.39 is 0 Å². The van der Waals surface area contributed by atoms with E-state index in [1.807, 2.05) is 60.4 Å². The van der Waals surface area contributed by atoms with Crippen molar-refractivity contribution >= 4 is 29.1 Å². The van der Waals surface area contributed by atoms with Crippen LogP contribution >= 0.6 is 11.6 Å². The molecular weight excluding hydrogens is 526 g/mol. The van der Waals surface area contributed by atoms with Crippen molar-refractivity contribution in [2.45, 2.75) is 39.5 Å². The first-order valence-electron chi connectivity index (χ1n) is 13.7. The Labute approximate surface area is 239 Å². The molecule has 1 aliphatic rings. The standard InChI is InChI=1S/C32H34ClN3O4/c1-4-40-32(38)24-6-5-17-35(19-24)30(37)16-14-28-31(22-7-11-26(39-3)12-8-22)34-29-15-9-23(20-36(28)29)27-13-10-25(33)18-21(27)2/h7-13,15,18,20,24H,4-6,14,16-17,19H2,1-3H3. The molecule has 208 valence electrons. The van der Waals surface area contributed by atoms with Gasteiger partial charge in [-0.1, -0.05) is 17.7 Å². The maximum absolute atomic E-state index is 13.4. The van der Waals surface area contributed by atoms with Gasteiger partial charge in [0.05, 0.1) is 31.0 Å². The lowest BCUT2D eigenvalue weighted by atomic mass is 9.97. The monoisotopic (exact) mass is 559 g/mol. The molecule has 7 nitrogen and oxygen atoms in total. The Bertz CT molecular complexity index is 1530. The quantitative estimate of drug-likeness (QED) is 0.234. The van der Waals surface area contributed by atoms with Gasteiger partial charge in [-0.15, -0.1) is 0 Å². The van der Waals surface area contributed by atoms with Gasteiger partial charge in [0, 0.05) is 36.3 Å². The van der Waals surface area contributed by atoms with Crippen LogP contribution < -0.4 is 4.74 Å². The number of carbonyl (C=O) groups excluding carboxylic acids is 2. The molecule has 1 saturated heterocycles. The van der Waals surface area contributed by atoms with Crippen LogP contribution in [-0.4, -0.2) is 53.0 Å². The number of amides is 1. The molecule has 3 heterocycles. The van der Waals surface area contributed by atoms with Crippen molar-refractivity contribution in [3.8, 4) is 28.1 Å². The third-order valence-corrected chi connectivity index (χ3v) is 7.79. The summed E-state index contributed by atoms with van der Waals surface area (Å²) >= 11 is 6.21. The fraction of sp³-hybridized carbons (Fsp3) is 0.344. The molecule has 40 heavy (non-hydrogen) atoms. The number of ether oxygens (including phenoxy) is 2. The molecule has 0 spiro atoms. The normalized spacial score (nSPS) is 15.3. The van der Waals surface area contributed by atoms with Crippen molar-refractivity contribution < 1.29 is 19.1 Å². The van der Waals surface area contributed by atoms with E-state index in [2.05, 4.69) is 16.7 Å². The topological polar surface area (TPSA) is 73.1 Å². The Morgan fingerprint density at radius 1 is 1.07 bits per heavy atom. The highest BCUT2D eigenvalue weighted by Crippen LogP contribution is 2.31. The van der Waals surface area contributed by atoms with E-state index >= 15 is 0 Å². The Kier molecular flexibility index (Phi) is 8.40. The van der Waals surface area contributed by atoms with Gasteiger partial charge in [-0.3, -0.25) is 9.59 Å². The lowest BCUT2D eigenvalue weighted by Gasteiger charge is -2.31. The number of pyridine rings is 1. The summed E-state index contributed by atoms with van der Waals surface area (Å²) < 4.78 is 12.7. The summed E-state index contributed by atoms with van der Waals surface area (Å²) in [7, 11) is 1.64. The van der Waals surface area contributed by atoms with Crippen molar-refractivity contribution in [1.82, 2.24) is 14.3 Å². The average Bonchev–Trinajstić information content (AvgIpc) is 3.33. The van der Waals surface area contributed by atoms with E-state index in [1.54, 1.807) is 14.0 Å². The molecule has 8 heteroatoms. The van der Waals surface area contributed by atoms with E-state index in [0.717, 1.165) is 57.9 Å². The third-order valence-electron chi connectivity index (χ3n) is 7.55. The zero-order valence-corrected chi connectivity index (χ0v) is 23.9. The lowest BCUT2D eigenvalue weighted by molar-refractivity contribution is -0.151. The van der Waals surface area contributed by atoms with E-state index in [0.29, 0.717) is 37.6 Å². The number of likely N-dealkylation sites (tertiary alicyclic amines) is 1. The van der Waals surface area contributed by atoms with Crippen molar-refractivity contribution in [3.05, 3.63) is 77.1 Å². The Balaban J connectivity index is 1.47.